The summed E-state index contributed by atoms with van der Waals surface area (Å²) in [6.45, 7) is -0.201. The SMILES string of the molecule is COC(=O)c1cc(CO)c2ncnn2c1. The van der Waals surface area contributed by atoms with Gasteiger partial charge in [-0.25, -0.2) is 14.3 Å². The van der Waals surface area contributed by atoms with Crippen molar-refractivity contribution in [3.05, 3.63) is 29.7 Å². The van der Waals surface area contributed by atoms with E-state index in [2.05, 4.69) is 14.8 Å². The molecule has 0 aliphatic rings. The lowest BCUT2D eigenvalue weighted by atomic mass is 10.2. The molecule has 1 N–H and O–H groups in total. The number of ether oxygens (including phenoxy) is 1. The van der Waals surface area contributed by atoms with Crippen LogP contribution in [-0.4, -0.2) is 32.8 Å². The molecule has 0 saturated carbocycles. The first kappa shape index (κ1) is 9.60. The Bertz CT molecular complexity index is 506. The van der Waals surface area contributed by atoms with Crippen LogP contribution < -0.4 is 0 Å². The van der Waals surface area contributed by atoms with Gasteiger partial charge in [-0.1, -0.05) is 0 Å². The van der Waals surface area contributed by atoms with Crippen molar-refractivity contribution in [1.29, 1.82) is 0 Å². The Morgan fingerprint density at radius 1 is 1.67 bits per heavy atom. The van der Waals surface area contributed by atoms with Crippen LogP contribution in [0.15, 0.2) is 18.6 Å². The second-order valence-electron chi connectivity index (χ2n) is 2.93. The summed E-state index contributed by atoms with van der Waals surface area (Å²) in [6, 6.07) is 1.54. The lowest BCUT2D eigenvalue weighted by molar-refractivity contribution is 0.0600. The summed E-state index contributed by atoms with van der Waals surface area (Å²) in [7, 11) is 1.30. The zero-order chi connectivity index (χ0) is 10.8. The summed E-state index contributed by atoms with van der Waals surface area (Å²) >= 11 is 0. The minimum Gasteiger partial charge on any atom is -0.465 e. The fourth-order valence-corrected chi connectivity index (χ4v) is 1.34. The normalized spacial score (nSPS) is 10.5. The third-order valence-electron chi connectivity index (χ3n) is 2.04. The van der Waals surface area contributed by atoms with Crippen LogP contribution in [0.3, 0.4) is 0 Å². The van der Waals surface area contributed by atoms with Crippen molar-refractivity contribution in [2.75, 3.05) is 7.11 Å². The van der Waals surface area contributed by atoms with Crippen LogP contribution in [0, 0.1) is 0 Å². The van der Waals surface area contributed by atoms with Gasteiger partial charge in [0.2, 0.25) is 0 Å². The maximum Gasteiger partial charge on any atom is 0.339 e. The van der Waals surface area contributed by atoms with Gasteiger partial charge < -0.3 is 9.84 Å². The average Bonchev–Trinajstić information content (AvgIpc) is 2.74. The number of carbonyl (C=O) groups is 1. The van der Waals surface area contributed by atoms with Gasteiger partial charge in [0, 0.05) is 11.8 Å². The van der Waals surface area contributed by atoms with Crippen molar-refractivity contribution in [2.45, 2.75) is 6.61 Å². The van der Waals surface area contributed by atoms with Gasteiger partial charge in [0.15, 0.2) is 5.65 Å². The summed E-state index contributed by atoms with van der Waals surface area (Å²) in [5.74, 6) is -0.470. The van der Waals surface area contributed by atoms with Gasteiger partial charge in [0.1, 0.15) is 6.33 Å². The number of nitrogens with zero attached hydrogens (tertiary/aromatic N) is 3. The molecule has 2 aromatic heterocycles. The number of rotatable bonds is 2. The van der Waals surface area contributed by atoms with E-state index in [0.29, 0.717) is 16.8 Å². The van der Waals surface area contributed by atoms with Crippen LogP contribution >= 0.6 is 0 Å². The third kappa shape index (κ3) is 1.55. The highest BCUT2D eigenvalue weighted by molar-refractivity contribution is 5.89. The molecule has 2 aromatic rings. The maximum atomic E-state index is 11.3. The van der Waals surface area contributed by atoms with E-state index in [4.69, 9.17) is 5.11 Å². The average molecular weight is 207 g/mol. The van der Waals surface area contributed by atoms with Crippen LogP contribution in [0.5, 0.6) is 0 Å². The number of pyridine rings is 1. The van der Waals surface area contributed by atoms with Gasteiger partial charge in [0.25, 0.3) is 0 Å². The Kier molecular flexibility index (Phi) is 2.34. The first-order valence-electron chi connectivity index (χ1n) is 4.27. The topological polar surface area (TPSA) is 76.7 Å². The van der Waals surface area contributed by atoms with Crippen LogP contribution in [0.2, 0.25) is 0 Å². The zero-order valence-electron chi connectivity index (χ0n) is 8.04. The highest BCUT2D eigenvalue weighted by atomic mass is 16.5. The van der Waals surface area contributed by atoms with Gasteiger partial charge in [-0.3, -0.25) is 0 Å². The van der Waals surface area contributed by atoms with Crippen LogP contribution in [0.25, 0.3) is 5.65 Å². The number of hydrogen-bond donors (Lipinski definition) is 1. The Morgan fingerprint density at radius 2 is 2.47 bits per heavy atom. The summed E-state index contributed by atoms with van der Waals surface area (Å²) in [5, 5.41) is 13.0. The maximum absolute atomic E-state index is 11.3. The number of fused-ring (bicyclic) bond motifs is 1. The molecule has 0 fully saturated rings. The van der Waals surface area contributed by atoms with E-state index in [9.17, 15) is 4.79 Å². The highest BCUT2D eigenvalue weighted by Crippen LogP contribution is 2.11. The first-order chi connectivity index (χ1) is 7.26. The van der Waals surface area contributed by atoms with Gasteiger partial charge >= 0.3 is 5.97 Å². The minimum absolute atomic E-state index is 0.201. The van der Waals surface area contributed by atoms with E-state index in [1.165, 1.54) is 30.2 Å². The Labute approximate surface area is 85.1 Å². The number of esters is 1. The molecule has 0 unspecified atom stereocenters. The zero-order valence-corrected chi connectivity index (χ0v) is 8.04. The molecular weight excluding hydrogens is 198 g/mol. The predicted octanol–water partition coefficient (Wildman–Crippen LogP) is 0.00820. The molecule has 0 bridgehead atoms. The predicted molar refractivity (Wildman–Crippen MR) is 50.2 cm³/mol. The molecule has 0 spiro atoms. The summed E-state index contributed by atoms with van der Waals surface area (Å²) in [5.41, 5.74) is 1.40. The lowest BCUT2D eigenvalue weighted by Gasteiger charge is -2.03. The van der Waals surface area contributed by atoms with Crippen molar-refractivity contribution in [1.82, 2.24) is 14.6 Å². The molecule has 0 radical (unpaired) electrons. The molecule has 0 aliphatic carbocycles. The summed E-state index contributed by atoms with van der Waals surface area (Å²) in [6.07, 6.45) is 2.86. The fraction of sp³-hybridized carbons (Fsp3) is 0.222. The summed E-state index contributed by atoms with van der Waals surface area (Å²) in [4.78, 5) is 15.2. The molecule has 6 heteroatoms. The van der Waals surface area contributed by atoms with Crippen molar-refractivity contribution < 1.29 is 14.6 Å². The van der Waals surface area contributed by atoms with E-state index < -0.39 is 5.97 Å². The van der Waals surface area contributed by atoms with E-state index in [-0.39, 0.29) is 6.61 Å². The Balaban J connectivity index is 2.63. The Morgan fingerprint density at radius 3 is 3.13 bits per heavy atom. The number of aliphatic hydroxyl groups is 1. The summed E-state index contributed by atoms with van der Waals surface area (Å²) < 4.78 is 6.01. The third-order valence-corrected chi connectivity index (χ3v) is 2.04. The number of aromatic nitrogens is 3. The second kappa shape index (κ2) is 3.66. The highest BCUT2D eigenvalue weighted by Gasteiger charge is 2.11. The second-order valence-corrected chi connectivity index (χ2v) is 2.93. The Hall–Kier alpha value is -1.95. The van der Waals surface area contributed by atoms with Gasteiger partial charge in [0.05, 0.1) is 19.3 Å². The van der Waals surface area contributed by atoms with Crippen LogP contribution in [0.4, 0.5) is 0 Å². The molecular formula is C9H9N3O3. The van der Waals surface area contributed by atoms with E-state index in [1.54, 1.807) is 0 Å². The van der Waals surface area contributed by atoms with Crippen molar-refractivity contribution in [3.63, 3.8) is 0 Å². The number of hydrogen-bond acceptors (Lipinski definition) is 5. The molecule has 0 atom stereocenters. The van der Waals surface area contributed by atoms with E-state index in [0.717, 1.165) is 0 Å². The minimum atomic E-state index is -0.470. The first-order valence-corrected chi connectivity index (χ1v) is 4.27. The van der Waals surface area contributed by atoms with Gasteiger partial charge in [-0.05, 0) is 6.07 Å². The van der Waals surface area contributed by atoms with Crippen molar-refractivity contribution in [3.8, 4) is 0 Å². The van der Waals surface area contributed by atoms with Crippen molar-refractivity contribution in [2.24, 2.45) is 0 Å². The molecule has 6 nitrogen and oxygen atoms in total. The number of methoxy groups -OCH3 is 1. The van der Waals surface area contributed by atoms with E-state index in [1.807, 2.05) is 0 Å². The van der Waals surface area contributed by atoms with Gasteiger partial charge in [-0.15, -0.1) is 0 Å². The smallest absolute Gasteiger partial charge is 0.339 e. The number of aliphatic hydroxyl groups excluding tert-OH is 1. The number of carbonyl (C=O) groups excluding carboxylic acids is 1. The lowest BCUT2D eigenvalue weighted by Crippen LogP contribution is -2.05. The quantitative estimate of drug-likeness (QED) is 0.702. The molecule has 0 amide bonds. The molecule has 0 saturated heterocycles. The molecule has 2 heterocycles. The fourth-order valence-electron chi connectivity index (χ4n) is 1.34. The van der Waals surface area contributed by atoms with Crippen LogP contribution in [-0.2, 0) is 11.3 Å². The van der Waals surface area contributed by atoms with Crippen LogP contribution in [0.1, 0.15) is 15.9 Å². The standard InChI is InChI=1S/C9H9N3O3/c1-15-9(14)6-2-7(4-13)8-10-5-11-12(8)3-6/h2-3,5,13H,4H2,1H3. The molecule has 0 aliphatic heterocycles. The molecule has 78 valence electrons. The monoisotopic (exact) mass is 207 g/mol. The van der Waals surface area contributed by atoms with Crippen molar-refractivity contribution >= 4 is 11.6 Å². The molecule has 2 rings (SSSR count). The molecule has 15 heavy (non-hydrogen) atoms. The largest absolute Gasteiger partial charge is 0.465 e. The van der Waals surface area contributed by atoms with Gasteiger partial charge in [-0.2, -0.15) is 5.10 Å². The van der Waals surface area contributed by atoms with E-state index >= 15 is 0 Å². The molecule has 0 aromatic carbocycles.